The Morgan fingerprint density at radius 3 is 2.74 bits per heavy atom. The lowest BCUT2D eigenvalue weighted by atomic mass is 10.1. The van der Waals surface area contributed by atoms with E-state index >= 15 is 0 Å². The SMILES string of the molecule is CN=C(NCC(=O)Nc1ccccc1)N(C)CC1CCOC1.I. The summed E-state index contributed by atoms with van der Waals surface area (Å²) in [5.41, 5.74) is 0.792. The molecule has 2 rings (SSSR count). The summed E-state index contributed by atoms with van der Waals surface area (Å²) in [6, 6.07) is 9.41. The van der Waals surface area contributed by atoms with Gasteiger partial charge in [-0.2, -0.15) is 0 Å². The van der Waals surface area contributed by atoms with Gasteiger partial charge >= 0.3 is 0 Å². The molecule has 1 fully saturated rings. The lowest BCUT2D eigenvalue weighted by Gasteiger charge is -2.24. The number of para-hydroxylation sites is 1. The highest BCUT2D eigenvalue weighted by atomic mass is 127. The van der Waals surface area contributed by atoms with Gasteiger partial charge in [0.2, 0.25) is 5.91 Å². The summed E-state index contributed by atoms with van der Waals surface area (Å²) >= 11 is 0. The van der Waals surface area contributed by atoms with Crippen molar-refractivity contribution in [1.82, 2.24) is 10.2 Å². The molecule has 1 aliphatic heterocycles. The molecule has 1 aromatic rings. The summed E-state index contributed by atoms with van der Waals surface area (Å²) < 4.78 is 5.38. The molecule has 0 saturated carbocycles. The van der Waals surface area contributed by atoms with Crippen molar-refractivity contribution in [2.75, 3.05) is 45.7 Å². The molecule has 0 bridgehead atoms. The number of benzene rings is 1. The van der Waals surface area contributed by atoms with Crippen molar-refractivity contribution in [3.8, 4) is 0 Å². The van der Waals surface area contributed by atoms with E-state index in [1.165, 1.54) is 0 Å². The van der Waals surface area contributed by atoms with Crippen LogP contribution in [-0.2, 0) is 9.53 Å². The highest BCUT2D eigenvalue weighted by molar-refractivity contribution is 14.0. The summed E-state index contributed by atoms with van der Waals surface area (Å²) in [6.07, 6.45) is 1.08. The molecule has 1 atom stereocenters. The number of aliphatic imine (C=N–C) groups is 1. The number of hydrogen-bond donors (Lipinski definition) is 2. The van der Waals surface area contributed by atoms with Crippen molar-refractivity contribution < 1.29 is 9.53 Å². The van der Waals surface area contributed by atoms with Crippen LogP contribution in [0, 0.1) is 5.92 Å². The van der Waals surface area contributed by atoms with E-state index in [-0.39, 0.29) is 36.4 Å². The van der Waals surface area contributed by atoms with E-state index in [0.717, 1.165) is 37.8 Å². The van der Waals surface area contributed by atoms with E-state index in [1.54, 1.807) is 7.05 Å². The predicted molar refractivity (Wildman–Crippen MR) is 103 cm³/mol. The van der Waals surface area contributed by atoms with Crippen LogP contribution in [0.5, 0.6) is 0 Å². The molecule has 6 nitrogen and oxygen atoms in total. The van der Waals surface area contributed by atoms with Gasteiger partial charge in [0.1, 0.15) is 0 Å². The van der Waals surface area contributed by atoms with Crippen LogP contribution in [0.1, 0.15) is 6.42 Å². The Bertz CT molecular complexity index is 504. The fourth-order valence-electron chi connectivity index (χ4n) is 2.47. The van der Waals surface area contributed by atoms with Gasteiger partial charge in [-0.15, -0.1) is 24.0 Å². The van der Waals surface area contributed by atoms with Crippen molar-refractivity contribution in [2.45, 2.75) is 6.42 Å². The minimum Gasteiger partial charge on any atom is -0.381 e. The molecule has 0 radical (unpaired) electrons. The van der Waals surface area contributed by atoms with Crippen LogP contribution < -0.4 is 10.6 Å². The third-order valence-electron chi connectivity index (χ3n) is 3.59. The topological polar surface area (TPSA) is 66.0 Å². The molecule has 0 aliphatic carbocycles. The van der Waals surface area contributed by atoms with E-state index in [1.807, 2.05) is 42.3 Å². The number of hydrogen-bond acceptors (Lipinski definition) is 3. The molecule has 1 heterocycles. The molecule has 1 amide bonds. The Hall–Kier alpha value is -1.35. The maximum absolute atomic E-state index is 11.9. The standard InChI is InChI=1S/C16H24N4O2.HI/c1-17-16(20(2)11-13-8-9-22-12-13)18-10-15(21)19-14-6-4-3-5-7-14;/h3-7,13H,8-12H2,1-2H3,(H,17,18)(H,19,21);1H. The Balaban J connectivity index is 0.00000264. The van der Waals surface area contributed by atoms with Gasteiger partial charge in [-0.3, -0.25) is 9.79 Å². The third kappa shape index (κ3) is 6.74. The summed E-state index contributed by atoms with van der Waals surface area (Å²) in [7, 11) is 3.70. The number of halogens is 1. The summed E-state index contributed by atoms with van der Waals surface area (Å²) in [6.45, 7) is 2.70. The van der Waals surface area contributed by atoms with Crippen LogP contribution in [0.15, 0.2) is 35.3 Å². The van der Waals surface area contributed by atoms with Gasteiger partial charge < -0.3 is 20.3 Å². The van der Waals surface area contributed by atoms with Crippen LogP contribution in [-0.4, -0.2) is 57.2 Å². The minimum absolute atomic E-state index is 0. The first-order valence-electron chi connectivity index (χ1n) is 7.53. The zero-order chi connectivity index (χ0) is 15.8. The molecular weight excluding hydrogens is 407 g/mol. The maximum atomic E-state index is 11.9. The van der Waals surface area contributed by atoms with E-state index < -0.39 is 0 Å². The first-order chi connectivity index (χ1) is 10.7. The molecule has 2 N–H and O–H groups in total. The van der Waals surface area contributed by atoms with Gasteiger partial charge in [-0.25, -0.2) is 0 Å². The van der Waals surface area contributed by atoms with Crippen molar-refractivity contribution in [1.29, 1.82) is 0 Å². The average molecular weight is 432 g/mol. The quantitative estimate of drug-likeness (QED) is 0.423. The highest BCUT2D eigenvalue weighted by Gasteiger charge is 2.19. The molecule has 23 heavy (non-hydrogen) atoms. The second kappa shape index (κ2) is 10.4. The summed E-state index contributed by atoms with van der Waals surface area (Å²) in [4.78, 5) is 18.2. The van der Waals surface area contributed by atoms with Gasteiger partial charge in [0.25, 0.3) is 0 Å². The van der Waals surface area contributed by atoms with Crippen LogP contribution in [0.2, 0.25) is 0 Å². The van der Waals surface area contributed by atoms with E-state index in [9.17, 15) is 4.79 Å². The molecule has 0 aromatic heterocycles. The van der Waals surface area contributed by atoms with Crippen molar-refractivity contribution in [3.63, 3.8) is 0 Å². The van der Waals surface area contributed by atoms with Gasteiger partial charge in [0.05, 0.1) is 13.2 Å². The molecular formula is C16H25IN4O2. The Kier molecular flexibility index (Phi) is 8.93. The van der Waals surface area contributed by atoms with Crippen LogP contribution in [0.25, 0.3) is 0 Å². The molecule has 1 aromatic carbocycles. The van der Waals surface area contributed by atoms with Crippen LogP contribution in [0.3, 0.4) is 0 Å². The highest BCUT2D eigenvalue weighted by Crippen LogP contribution is 2.13. The number of rotatable bonds is 5. The van der Waals surface area contributed by atoms with E-state index in [0.29, 0.717) is 5.92 Å². The van der Waals surface area contributed by atoms with Gasteiger partial charge in [0.15, 0.2) is 5.96 Å². The molecule has 1 aliphatic rings. The average Bonchev–Trinajstić information content (AvgIpc) is 3.01. The Morgan fingerprint density at radius 1 is 1.39 bits per heavy atom. The number of anilines is 1. The minimum atomic E-state index is -0.0926. The second-order valence-electron chi connectivity index (χ2n) is 5.43. The monoisotopic (exact) mass is 432 g/mol. The molecule has 1 saturated heterocycles. The second-order valence-corrected chi connectivity index (χ2v) is 5.43. The third-order valence-corrected chi connectivity index (χ3v) is 3.59. The molecule has 0 spiro atoms. The fraction of sp³-hybridized carbons (Fsp3) is 0.500. The largest absolute Gasteiger partial charge is 0.381 e. The molecule has 7 heteroatoms. The van der Waals surface area contributed by atoms with Crippen molar-refractivity contribution in [3.05, 3.63) is 30.3 Å². The van der Waals surface area contributed by atoms with E-state index in [2.05, 4.69) is 15.6 Å². The zero-order valence-corrected chi connectivity index (χ0v) is 15.9. The van der Waals surface area contributed by atoms with Crippen molar-refractivity contribution in [2.24, 2.45) is 10.9 Å². The Labute approximate surface area is 154 Å². The summed E-state index contributed by atoms with van der Waals surface area (Å²) in [5, 5.41) is 5.92. The number of ether oxygens (including phenoxy) is 1. The number of carbonyl (C=O) groups is 1. The smallest absolute Gasteiger partial charge is 0.243 e. The fourth-order valence-corrected chi connectivity index (χ4v) is 2.47. The summed E-state index contributed by atoms with van der Waals surface area (Å²) in [5.74, 6) is 1.15. The first kappa shape index (κ1) is 19.7. The number of nitrogens with zero attached hydrogens (tertiary/aromatic N) is 2. The zero-order valence-electron chi connectivity index (χ0n) is 13.6. The first-order valence-corrected chi connectivity index (χ1v) is 7.53. The lowest BCUT2D eigenvalue weighted by Crippen LogP contribution is -2.44. The lowest BCUT2D eigenvalue weighted by molar-refractivity contribution is -0.115. The van der Waals surface area contributed by atoms with Gasteiger partial charge in [-0.1, -0.05) is 18.2 Å². The van der Waals surface area contributed by atoms with Crippen LogP contribution >= 0.6 is 24.0 Å². The molecule has 1 unspecified atom stereocenters. The van der Waals surface area contributed by atoms with Crippen molar-refractivity contribution >= 4 is 41.5 Å². The number of carbonyl (C=O) groups excluding carboxylic acids is 1. The number of nitrogens with one attached hydrogen (secondary N) is 2. The van der Waals surface area contributed by atoms with E-state index in [4.69, 9.17) is 4.74 Å². The molecule has 128 valence electrons. The maximum Gasteiger partial charge on any atom is 0.243 e. The van der Waals surface area contributed by atoms with Gasteiger partial charge in [0, 0.05) is 38.9 Å². The Morgan fingerprint density at radius 2 is 2.13 bits per heavy atom. The number of guanidine groups is 1. The normalized spacial score (nSPS) is 17.3. The number of amides is 1. The van der Waals surface area contributed by atoms with Gasteiger partial charge in [-0.05, 0) is 18.6 Å². The predicted octanol–water partition coefficient (Wildman–Crippen LogP) is 1.79. The van der Waals surface area contributed by atoms with Crippen LogP contribution in [0.4, 0.5) is 5.69 Å².